The van der Waals surface area contributed by atoms with E-state index in [1.807, 2.05) is 31.2 Å². The third-order valence-electron chi connectivity index (χ3n) is 8.87. The third-order valence-corrected chi connectivity index (χ3v) is 8.87. The highest BCUT2D eigenvalue weighted by Crippen LogP contribution is 2.36. The van der Waals surface area contributed by atoms with Crippen LogP contribution in [-0.4, -0.2) is 81.0 Å². The zero-order valence-electron chi connectivity index (χ0n) is 29.7. The second-order valence-electron chi connectivity index (χ2n) is 12.9. The molecule has 1 amide bonds. The first-order valence-corrected chi connectivity index (χ1v) is 17.4. The number of carbonyl (C=O) groups is 2. The van der Waals surface area contributed by atoms with Gasteiger partial charge in [-0.1, -0.05) is 32.4 Å². The highest BCUT2D eigenvalue weighted by atomic mass is 19.4. The fraction of sp³-hybridized carbons (Fsp3) is 0.649. The monoisotopic (exact) mass is 693 g/mol. The number of rotatable bonds is 11. The number of fused-ring (bicyclic) bond motifs is 1. The largest absolute Gasteiger partial charge is 0.494 e. The van der Waals surface area contributed by atoms with Gasteiger partial charge in [-0.05, 0) is 81.2 Å². The minimum atomic E-state index is -4.50. The smallest absolute Gasteiger partial charge is 0.418 e. The van der Waals surface area contributed by atoms with Gasteiger partial charge < -0.3 is 29.2 Å². The summed E-state index contributed by atoms with van der Waals surface area (Å²) in [6.07, 6.45) is 1.89. The predicted molar refractivity (Wildman–Crippen MR) is 181 cm³/mol. The van der Waals surface area contributed by atoms with Crippen molar-refractivity contribution in [3.8, 4) is 5.75 Å². The molecule has 5 rings (SSSR count). The highest BCUT2D eigenvalue weighted by molar-refractivity contribution is 5.79. The Hall–Kier alpha value is -3.22. The van der Waals surface area contributed by atoms with Crippen molar-refractivity contribution < 1.29 is 41.7 Å². The molecule has 0 spiro atoms. The van der Waals surface area contributed by atoms with E-state index in [2.05, 4.69) is 28.9 Å². The van der Waals surface area contributed by atoms with E-state index in [0.717, 1.165) is 37.0 Å². The molecule has 4 atom stereocenters. The lowest BCUT2D eigenvalue weighted by Gasteiger charge is -2.33. The minimum Gasteiger partial charge on any atom is -0.494 e. The SMILES string of the molecule is CCC.COC1COCCC1NC1CCC(C(=O)N2CCc3nc(CCCCOc4cccc(C)c4)c(C(F)(F)F)cc3C2)C1.COC=O. The van der Waals surface area contributed by atoms with Crippen LogP contribution in [0.1, 0.15) is 86.9 Å². The van der Waals surface area contributed by atoms with E-state index in [-0.39, 0.29) is 48.7 Å². The maximum absolute atomic E-state index is 14.1. The first-order chi connectivity index (χ1) is 23.5. The third kappa shape index (κ3) is 12.6. The number of methoxy groups -OCH3 is 2. The molecule has 2 aliphatic heterocycles. The summed E-state index contributed by atoms with van der Waals surface area (Å²) in [7, 11) is 3.00. The molecule has 1 aliphatic carbocycles. The van der Waals surface area contributed by atoms with Gasteiger partial charge in [0.1, 0.15) is 5.75 Å². The van der Waals surface area contributed by atoms with Crippen LogP contribution in [0.15, 0.2) is 30.3 Å². The number of amides is 1. The van der Waals surface area contributed by atoms with E-state index >= 15 is 0 Å². The number of ether oxygens (including phenoxy) is 4. The van der Waals surface area contributed by atoms with E-state index in [0.29, 0.717) is 63.4 Å². The lowest BCUT2D eigenvalue weighted by atomic mass is 9.97. The number of nitrogens with zero attached hydrogens (tertiary/aromatic N) is 2. The first kappa shape index (κ1) is 40.2. The van der Waals surface area contributed by atoms with Crippen molar-refractivity contribution in [3.05, 3.63) is 58.4 Å². The van der Waals surface area contributed by atoms with Crippen LogP contribution in [0.2, 0.25) is 0 Å². The summed E-state index contributed by atoms with van der Waals surface area (Å²) < 4.78 is 62.9. The molecule has 274 valence electrons. The molecule has 1 aromatic heterocycles. The first-order valence-electron chi connectivity index (χ1n) is 17.4. The van der Waals surface area contributed by atoms with Crippen molar-refractivity contribution in [1.29, 1.82) is 0 Å². The second kappa shape index (κ2) is 20.5. The van der Waals surface area contributed by atoms with Crippen molar-refractivity contribution in [1.82, 2.24) is 15.2 Å². The molecule has 1 N–H and O–H groups in total. The summed E-state index contributed by atoms with van der Waals surface area (Å²) in [5, 5.41) is 3.67. The summed E-state index contributed by atoms with van der Waals surface area (Å²) in [5.74, 6) is 0.674. The van der Waals surface area contributed by atoms with Gasteiger partial charge in [-0.15, -0.1) is 0 Å². The fourth-order valence-electron chi connectivity index (χ4n) is 6.48. The van der Waals surface area contributed by atoms with E-state index in [1.165, 1.54) is 19.6 Å². The van der Waals surface area contributed by atoms with Crippen LogP contribution in [0, 0.1) is 12.8 Å². The molecule has 1 aromatic carbocycles. The van der Waals surface area contributed by atoms with Crippen LogP contribution < -0.4 is 10.1 Å². The summed E-state index contributed by atoms with van der Waals surface area (Å²) in [6.45, 7) is 8.96. The number of aromatic nitrogens is 1. The molecule has 1 saturated heterocycles. The summed E-state index contributed by atoms with van der Waals surface area (Å²) >= 11 is 0. The highest BCUT2D eigenvalue weighted by Gasteiger charge is 2.38. The number of carbonyl (C=O) groups excluding carboxylic acids is 2. The number of hydrogen-bond acceptors (Lipinski definition) is 8. The Balaban J connectivity index is 0.000000852. The molecular weight excluding hydrogens is 639 g/mol. The second-order valence-corrected chi connectivity index (χ2v) is 12.9. The van der Waals surface area contributed by atoms with Gasteiger partial charge in [-0.3, -0.25) is 14.6 Å². The Morgan fingerprint density at radius 3 is 2.57 bits per heavy atom. The maximum Gasteiger partial charge on any atom is 0.418 e. The van der Waals surface area contributed by atoms with E-state index < -0.39 is 11.7 Å². The zero-order valence-corrected chi connectivity index (χ0v) is 29.7. The van der Waals surface area contributed by atoms with Crippen molar-refractivity contribution in [2.24, 2.45) is 5.92 Å². The molecule has 12 heteroatoms. The van der Waals surface area contributed by atoms with Crippen LogP contribution in [0.4, 0.5) is 13.2 Å². The van der Waals surface area contributed by atoms with Gasteiger partial charge in [0.05, 0.1) is 37.7 Å². The molecule has 0 radical (unpaired) electrons. The number of aryl methyl sites for hydroxylation is 2. The number of benzene rings is 1. The molecule has 3 heterocycles. The van der Waals surface area contributed by atoms with Crippen LogP contribution in [0.5, 0.6) is 5.75 Å². The topological polar surface area (TPSA) is 99.2 Å². The van der Waals surface area contributed by atoms with Crippen molar-refractivity contribution in [3.63, 3.8) is 0 Å². The molecule has 2 fully saturated rings. The van der Waals surface area contributed by atoms with Crippen LogP contribution in [-0.2, 0) is 49.4 Å². The lowest BCUT2D eigenvalue weighted by molar-refractivity contribution is -0.138. The maximum atomic E-state index is 14.1. The Morgan fingerprint density at radius 2 is 1.90 bits per heavy atom. The number of halogens is 3. The molecule has 1 saturated carbocycles. The average molecular weight is 694 g/mol. The predicted octanol–water partition coefficient (Wildman–Crippen LogP) is 6.46. The number of unbranched alkanes of at least 4 members (excludes halogenated alkanes) is 1. The lowest BCUT2D eigenvalue weighted by Crippen LogP contribution is -2.50. The number of alkyl halides is 3. The number of hydrogen-bond donors (Lipinski definition) is 1. The minimum absolute atomic E-state index is 0.000677. The van der Waals surface area contributed by atoms with Crippen molar-refractivity contribution in [2.75, 3.05) is 40.6 Å². The number of pyridine rings is 1. The summed E-state index contributed by atoms with van der Waals surface area (Å²) in [6, 6.07) is 9.37. The standard InChI is InChI=1S/C32H42F3N3O4.C3H8.C2H4O2/c1-21-6-5-7-25(16-21)42-14-4-3-8-28-26(32(33,34)35)18-23-19-38(13-11-27(23)37-28)31(39)22-9-10-24(17-22)36-29-12-15-41-20-30(29)40-2;1-3-2;1-4-2-3/h5-7,16,18,22,24,29-30,36H,3-4,8-15,17,19-20H2,1-2H3;3H2,1-2H3;2H,1H3. The van der Waals surface area contributed by atoms with Gasteiger partial charge in [-0.2, -0.15) is 13.2 Å². The molecule has 0 bridgehead atoms. The molecule has 4 unspecified atom stereocenters. The van der Waals surface area contributed by atoms with Gasteiger partial charge in [0.2, 0.25) is 5.91 Å². The average Bonchev–Trinajstić information content (AvgIpc) is 3.56. The van der Waals surface area contributed by atoms with E-state index in [9.17, 15) is 18.0 Å². The Morgan fingerprint density at radius 1 is 1.14 bits per heavy atom. The molecule has 3 aliphatic rings. The van der Waals surface area contributed by atoms with Crippen LogP contribution in [0.25, 0.3) is 0 Å². The van der Waals surface area contributed by atoms with Gasteiger partial charge in [0, 0.05) is 56.9 Å². The molecule has 2 aromatic rings. The van der Waals surface area contributed by atoms with E-state index in [4.69, 9.17) is 19.0 Å². The normalized spacial score (nSPS) is 21.8. The van der Waals surface area contributed by atoms with Gasteiger partial charge in [-0.25, -0.2) is 0 Å². The van der Waals surface area contributed by atoms with E-state index in [1.54, 1.807) is 12.0 Å². The molecule has 49 heavy (non-hydrogen) atoms. The van der Waals surface area contributed by atoms with Gasteiger partial charge >= 0.3 is 6.18 Å². The van der Waals surface area contributed by atoms with Crippen LogP contribution >= 0.6 is 0 Å². The van der Waals surface area contributed by atoms with Crippen molar-refractivity contribution >= 4 is 12.4 Å². The summed E-state index contributed by atoms with van der Waals surface area (Å²) in [5.41, 5.74) is 1.67. The quantitative estimate of drug-likeness (QED) is 0.212. The Kier molecular flexibility index (Phi) is 16.8. The Labute approximate surface area is 289 Å². The molecule has 9 nitrogen and oxygen atoms in total. The summed E-state index contributed by atoms with van der Waals surface area (Å²) in [4.78, 5) is 28.6. The molecular formula is C37H54F3N3O6. The van der Waals surface area contributed by atoms with Gasteiger partial charge in [0.15, 0.2) is 0 Å². The fourth-order valence-corrected chi connectivity index (χ4v) is 6.48. The zero-order chi connectivity index (χ0) is 35.8. The van der Waals surface area contributed by atoms with Crippen molar-refractivity contribution in [2.45, 2.75) is 109 Å². The van der Waals surface area contributed by atoms with Gasteiger partial charge in [0.25, 0.3) is 6.47 Å². The van der Waals surface area contributed by atoms with Crippen LogP contribution in [0.3, 0.4) is 0 Å². The Bertz CT molecular complexity index is 1310. The number of nitrogens with one attached hydrogen (secondary N) is 1.